The van der Waals surface area contributed by atoms with Crippen LogP contribution in [0.4, 0.5) is 0 Å². The minimum Gasteiger partial charge on any atom is -0.481 e. The highest BCUT2D eigenvalue weighted by Crippen LogP contribution is 2.12. The van der Waals surface area contributed by atoms with Crippen LogP contribution >= 0.6 is 0 Å². The molecule has 0 saturated carbocycles. The third kappa shape index (κ3) is 13.2. The van der Waals surface area contributed by atoms with Crippen molar-refractivity contribution in [1.29, 1.82) is 0 Å². The van der Waals surface area contributed by atoms with Crippen molar-refractivity contribution in [2.45, 2.75) is 95.9 Å². The average molecular weight is 330 g/mol. The summed E-state index contributed by atoms with van der Waals surface area (Å²) in [5, 5.41) is 38.0. The minimum absolute atomic E-state index is 0.241. The predicted molar refractivity (Wildman–Crippen MR) is 91.3 cm³/mol. The third-order valence-corrected chi connectivity index (χ3v) is 3.94. The van der Waals surface area contributed by atoms with E-state index in [9.17, 15) is 20.1 Å². The number of allylic oxidation sites excluding steroid dienone is 1. The molecule has 0 radical (unpaired) electrons. The van der Waals surface area contributed by atoms with Crippen LogP contribution in [0.25, 0.3) is 0 Å². The lowest BCUT2D eigenvalue weighted by atomic mass is 10.0. The molecule has 0 amide bonds. The smallest absolute Gasteiger partial charge is 0.303 e. The van der Waals surface area contributed by atoms with Crippen molar-refractivity contribution in [3.63, 3.8) is 0 Å². The van der Waals surface area contributed by atoms with E-state index in [1.165, 1.54) is 0 Å². The Morgan fingerprint density at radius 2 is 1.61 bits per heavy atom. The first-order valence-corrected chi connectivity index (χ1v) is 8.91. The highest BCUT2D eigenvalue weighted by Gasteiger charge is 2.21. The highest BCUT2D eigenvalue weighted by atomic mass is 16.4. The molecule has 3 atom stereocenters. The molecule has 0 aromatic carbocycles. The van der Waals surface area contributed by atoms with E-state index in [1.54, 1.807) is 6.08 Å². The second kappa shape index (κ2) is 14.7. The molecule has 0 bridgehead atoms. The maximum atomic E-state index is 10.3. The molecule has 5 heteroatoms. The van der Waals surface area contributed by atoms with Crippen LogP contribution in [0.2, 0.25) is 0 Å². The minimum atomic E-state index is -1.13. The van der Waals surface area contributed by atoms with E-state index in [0.717, 1.165) is 57.8 Å². The van der Waals surface area contributed by atoms with Crippen LogP contribution in [0.15, 0.2) is 12.2 Å². The van der Waals surface area contributed by atoms with Crippen LogP contribution in [0.1, 0.15) is 77.6 Å². The van der Waals surface area contributed by atoms with Crippen molar-refractivity contribution in [3.8, 4) is 0 Å². The van der Waals surface area contributed by atoms with Gasteiger partial charge in [-0.05, 0) is 25.7 Å². The monoisotopic (exact) mass is 330 g/mol. The van der Waals surface area contributed by atoms with Gasteiger partial charge in [-0.2, -0.15) is 0 Å². The van der Waals surface area contributed by atoms with Gasteiger partial charge in [0.25, 0.3) is 0 Å². The molecule has 0 rings (SSSR count). The molecular weight excluding hydrogens is 296 g/mol. The lowest BCUT2D eigenvalue weighted by Crippen LogP contribution is -2.36. The number of carbonyl (C=O) groups is 1. The summed E-state index contributed by atoms with van der Waals surface area (Å²) in [7, 11) is 0. The van der Waals surface area contributed by atoms with Gasteiger partial charge in [0, 0.05) is 6.42 Å². The Hall–Kier alpha value is -0.910. The maximum Gasteiger partial charge on any atom is 0.303 e. The molecule has 4 N–H and O–H groups in total. The summed E-state index contributed by atoms with van der Waals surface area (Å²) >= 11 is 0. The number of hydrogen-bond acceptors (Lipinski definition) is 4. The summed E-state index contributed by atoms with van der Waals surface area (Å²) in [4.78, 5) is 10.3. The van der Waals surface area contributed by atoms with Crippen LogP contribution < -0.4 is 0 Å². The fraction of sp³-hybridized carbons (Fsp3) is 0.833. The molecule has 0 aliphatic rings. The summed E-state index contributed by atoms with van der Waals surface area (Å²) in [6.07, 6.45) is 9.54. The van der Waals surface area contributed by atoms with Crippen molar-refractivity contribution in [3.05, 3.63) is 12.2 Å². The van der Waals surface area contributed by atoms with Crippen molar-refractivity contribution in [2.24, 2.45) is 0 Å². The van der Waals surface area contributed by atoms with Gasteiger partial charge in [0.15, 0.2) is 0 Å². The number of unbranched alkanes of at least 4 members (excludes halogenated alkanes) is 7. The van der Waals surface area contributed by atoms with Crippen LogP contribution in [-0.4, -0.2) is 44.7 Å². The standard InChI is InChI=1S/C18H34O5/c1-2-3-9-12-15(19)18(23)16(20)13-10-7-5-4-6-8-11-14-17(21)22/h10,13,15-16,18-20,23H,2-9,11-12,14H2,1H3,(H,21,22)/b13-10-. The Bertz CT molecular complexity index is 317. The molecule has 0 aliphatic heterocycles. The quantitative estimate of drug-likeness (QED) is 0.273. The zero-order chi connectivity index (χ0) is 17.5. The Kier molecular flexibility index (Phi) is 14.1. The van der Waals surface area contributed by atoms with E-state index >= 15 is 0 Å². The van der Waals surface area contributed by atoms with Gasteiger partial charge in [0.05, 0.1) is 6.10 Å². The number of carboxylic acids is 1. The number of rotatable bonds is 15. The Balaban J connectivity index is 3.66. The van der Waals surface area contributed by atoms with E-state index < -0.39 is 24.3 Å². The van der Waals surface area contributed by atoms with Gasteiger partial charge >= 0.3 is 5.97 Å². The van der Waals surface area contributed by atoms with Crippen LogP contribution in [0.5, 0.6) is 0 Å². The summed E-state index contributed by atoms with van der Waals surface area (Å²) in [6.45, 7) is 2.08. The molecule has 0 aromatic heterocycles. The van der Waals surface area contributed by atoms with Crippen molar-refractivity contribution < 1.29 is 25.2 Å². The predicted octanol–water partition coefficient (Wildman–Crippen LogP) is 3.02. The Morgan fingerprint density at radius 1 is 0.957 bits per heavy atom. The summed E-state index contributed by atoms with van der Waals surface area (Å²) in [5.74, 6) is -0.739. The molecule has 136 valence electrons. The third-order valence-electron chi connectivity index (χ3n) is 3.94. The van der Waals surface area contributed by atoms with Crippen LogP contribution in [0, 0.1) is 0 Å². The molecule has 23 heavy (non-hydrogen) atoms. The molecule has 0 aromatic rings. The number of carboxylic acid groups (broad SMARTS) is 1. The fourth-order valence-corrected chi connectivity index (χ4v) is 2.42. The number of aliphatic hydroxyl groups is 3. The zero-order valence-corrected chi connectivity index (χ0v) is 14.4. The van der Waals surface area contributed by atoms with E-state index in [-0.39, 0.29) is 6.42 Å². The number of aliphatic hydroxyl groups excluding tert-OH is 3. The first kappa shape index (κ1) is 22.1. The summed E-state index contributed by atoms with van der Waals surface area (Å²) in [6, 6.07) is 0. The molecule has 0 spiro atoms. The van der Waals surface area contributed by atoms with E-state index in [0.29, 0.717) is 6.42 Å². The lowest BCUT2D eigenvalue weighted by Gasteiger charge is -2.20. The maximum absolute atomic E-state index is 10.3. The molecule has 3 unspecified atom stereocenters. The summed E-state index contributed by atoms with van der Waals surface area (Å²) < 4.78 is 0. The van der Waals surface area contributed by atoms with Crippen molar-refractivity contribution >= 4 is 5.97 Å². The molecule has 5 nitrogen and oxygen atoms in total. The first-order valence-electron chi connectivity index (χ1n) is 8.91. The topological polar surface area (TPSA) is 98.0 Å². The average Bonchev–Trinajstić information content (AvgIpc) is 2.52. The fourth-order valence-electron chi connectivity index (χ4n) is 2.42. The Labute approximate surface area is 140 Å². The van der Waals surface area contributed by atoms with Gasteiger partial charge < -0.3 is 20.4 Å². The normalized spacial score (nSPS) is 15.7. The lowest BCUT2D eigenvalue weighted by molar-refractivity contribution is -0.137. The van der Waals surface area contributed by atoms with Gasteiger partial charge in [0.2, 0.25) is 0 Å². The number of aliphatic carboxylic acids is 1. The van der Waals surface area contributed by atoms with Gasteiger partial charge in [0.1, 0.15) is 12.2 Å². The molecular formula is C18H34O5. The van der Waals surface area contributed by atoms with Gasteiger partial charge in [-0.25, -0.2) is 0 Å². The van der Waals surface area contributed by atoms with Gasteiger partial charge in [-0.15, -0.1) is 0 Å². The summed E-state index contributed by atoms with van der Waals surface area (Å²) in [5.41, 5.74) is 0. The first-order chi connectivity index (χ1) is 11.0. The van der Waals surface area contributed by atoms with Crippen molar-refractivity contribution in [1.82, 2.24) is 0 Å². The second-order valence-electron chi connectivity index (χ2n) is 6.17. The van der Waals surface area contributed by atoms with Crippen LogP contribution in [0.3, 0.4) is 0 Å². The van der Waals surface area contributed by atoms with E-state index in [2.05, 4.69) is 6.92 Å². The number of hydrogen-bond donors (Lipinski definition) is 4. The molecule has 0 aliphatic carbocycles. The van der Waals surface area contributed by atoms with Gasteiger partial charge in [-0.1, -0.05) is 57.6 Å². The van der Waals surface area contributed by atoms with E-state index in [1.807, 2.05) is 6.08 Å². The molecule has 0 fully saturated rings. The van der Waals surface area contributed by atoms with Crippen LogP contribution in [-0.2, 0) is 4.79 Å². The molecule has 0 heterocycles. The second-order valence-corrected chi connectivity index (χ2v) is 6.17. The largest absolute Gasteiger partial charge is 0.481 e. The zero-order valence-electron chi connectivity index (χ0n) is 14.4. The van der Waals surface area contributed by atoms with Gasteiger partial charge in [-0.3, -0.25) is 4.79 Å². The molecule has 0 saturated heterocycles. The van der Waals surface area contributed by atoms with Crippen molar-refractivity contribution in [2.75, 3.05) is 0 Å². The SMILES string of the molecule is CCCCCC(O)C(O)C(O)/C=C\CCCCCCCC(=O)O. The Morgan fingerprint density at radius 3 is 2.26 bits per heavy atom. The van der Waals surface area contributed by atoms with E-state index in [4.69, 9.17) is 5.11 Å². The highest BCUT2D eigenvalue weighted by molar-refractivity contribution is 5.66.